The summed E-state index contributed by atoms with van der Waals surface area (Å²) in [5.74, 6) is -0.794. The third-order valence-corrected chi connectivity index (χ3v) is 4.51. The van der Waals surface area contributed by atoms with Crippen LogP contribution in [0.15, 0.2) is 58.1 Å². The Hall–Kier alpha value is -3.22. The van der Waals surface area contributed by atoms with Crippen LogP contribution in [0.25, 0.3) is 10.9 Å². The van der Waals surface area contributed by atoms with E-state index in [1.54, 1.807) is 30.3 Å². The number of nitrogens with zero attached hydrogens (tertiary/aromatic N) is 2. The Labute approximate surface area is 161 Å². The molecule has 7 heteroatoms. The molecule has 1 N–H and O–H groups in total. The van der Waals surface area contributed by atoms with Gasteiger partial charge in [-0.1, -0.05) is 38.1 Å². The first-order chi connectivity index (χ1) is 13.4. The highest BCUT2D eigenvalue weighted by Gasteiger charge is 2.16. The number of rotatable bonds is 6. The highest BCUT2D eigenvalue weighted by Crippen LogP contribution is 2.13. The topological polar surface area (TPSA) is 73.1 Å². The number of anilines is 1. The van der Waals surface area contributed by atoms with E-state index in [4.69, 9.17) is 0 Å². The molecule has 0 radical (unpaired) electrons. The number of hydrogen-bond acceptors (Lipinski definition) is 3. The summed E-state index contributed by atoms with van der Waals surface area (Å²) in [5, 5.41) is 2.84. The first-order valence-electron chi connectivity index (χ1n) is 9.15. The van der Waals surface area contributed by atoms with E-state index in [-0.39, 0.29) is 24.3 Å². The van der Waals surface area contributed by atoms with Gasteiger partial charge in [-0.2, -0.15) is 0 Å². The minimum absolute atomic E-state index is 0.0398. The predicted octanol–water partition coefficient (Wildman–Crippen LogP) is 2.99. The van der Waals surface area contributed by atoms with Crippen LogP contribution in [0.4, 0.5) is 10.1 Å². The molecule has 146 valence electrons. The van der Waals surface area contributed by atoms with Crippen molar-refractivity contribution in [3.8, 4) is 0 Å². The van der Waals surface area contributed by atoms with Crippen molar-refractivity contribution >= 4 is 22.5 Å². The number of halogens is 1. The maximum Gasteiger partial charge on any atom is 0.331 e. The van der Waals surface area contributed by atoms with E-state index >= 15 is 0 Å². The van der Waals surface area contributed by atoms with E-state index < -0.39 is 17.4 Å². The standard InChI is InChI=1S/C21H22FN3O3/c1-14(2)11-12-24-20(27)15-7-3-6-10-18(15)25(21(24)28)13-19(26)23-17-9-5-4-8-16(17)22/h3-10,14H,11-13H2,1-2H3,(H,23,26). The lowest BCUT2D eigenvalue weighted by molar-refractivity contribution is -0.116. The summed E-state index contributed by atoms with van der Waals surface area (Å²) in [6.45, 7) is 3.96. The molecule has 0 aliphatic rings. The van der Waals surface area contributed by atoms with E-state index in [0.717, 1.165) is 0 Å². The third-order valence-electron chi connectivity index (χ3n) is 4.51. The molecule has 0 aliphatic heterocycles. The van der Waals surface area contributed by atoms with Crippen LogP contribution in [0.2, 0.25) is 0 Å². The Morgan fingerprint density at radius 3 is 2.43 bits per heavy atom. The van der Waals surface area contributed by atoms with Gasteiger partial charge in [0, 0.05) is 6.54 Å². The fourth-order valence-corrected chi connectivity index (χ4v) is 3.00. The molecule has 1 heterocycles. The summed E-state index contributed by atoms with van der Waals surface area (Å²) >= 11 is 0. The number of aromatic nitrogens is 2. The molecular formula is C21H22FN3O3. The van der Waals surface area contributed by atoms with Crippen LogP contribution in [-0.4, -0.2) is 15.0 Å². The van der Waals surface area contributed by atoms with Crippen LogP contribution in [-0.2, 0) is 17.9 Å². The molecule has 0 bridgehead atoms. The van der Waals surface area contributed by atoms with E-state index in [0.29, 0.717) is 23.2 Å². The smallest absolute Gasteiger partial charge is 0.322 e. The average Bonchev–Trinajstić information content (AvgIpc) is 2.67. The van der Waals surface area contributed by atoms with Crippen LogP contribution in [0.5, 0.6) is 0 Å². The second-order valence-corrected chi connectivity index (χ2v) is 7.05. The number of nitrogens with one attached hydrogen (secondary N) is 1. The van der Waals surface area contributed by atoms with E-state index in [1.165, 1.54) is 27.3 Å². The molecule has 2 aromatic carbocycles. The molecule has 3 aromatic rings. The van der Waals surface area contributed by atoms with Crippen LogP contribution in [0, 0.1) is 11.7 Å². The zero-order valence-corrected chi connectivity index (χ0v) is 15.8. The predicted molar refractivity (Wildman–Crippen MR) is 107 cm³/mol. The normalized spacial score (nSPS) is 11.1. The molecule has 0 aliphatic carbocycles. The molecule has 6 nitrogen and oxygen atoms in total. The quantitative estimate of drug-likeness (QED) is 0.711. The molecule has 0 fully saturated rings. The van der Waals surface area contributed by atoms with E-state index in [2.05, 4.69) is 5.32 Å². The minimum Gasteiger partial charge on any atom is -0.322 e. The number of amides is 1. The SMILES string of the molecule is CC(C)CCn1c(=O)c2ccccc2n(CC(=O)Nc2ccccc2F)c1=O. The first-order valence-corrected chi connectivity index (χ1v) is 9.15. The van der Waals surface area contributed by atoms with Gasteiger partial charge in [-0.25, -0.2) is 9.18 Å². The van der Waals surface area contributed by atoms with Crippen molar-refractivity contribution in [3.63, 3.8) is 0 Å². The zero-order valence-electron chi connectivity index (χ0n) is 15.8. The van der Waals surface area contributed by atoms with Crippen molar-refractivity contribution in [1.82, 2.24) is 9.13 Å². The molecule has 28 heavy (non-hydrogen) atoms. The van der Waals surface area contributed by atoms with Gasteiger partial charge in [-0.05, 0) is 36.6 Å². The molecule has 0 spiro atoms. The van der Waals surface area contributed by atoms with E-state index in [1.807, 2.05) is 13.8 Å². The zero-order chi connectivity index (χ0) is 20.3. The Morgan fingerprint density at radius 2 is 1.71 bits per heavy atom. The van der Waals surface area contributed by atoms with Gasteiger partial charge >= 0.3 is 5.69 Å². The molecule has 0 saturated carbocycles. The molecular weight excluding hydrogens is 361 g/mol. The van der Waals surface area contributed by atoms with Crippen LogP contribution < -0.4 is 16.6 Å². The van der Waals surface area contributed by atoms with Gasteiger partial charge in [0.1, 0.15) is 12.4 Å². The van der Waals surface area contributed by atoms with Gasteiger partial charge in [0.15, 0.2) is 0 Å². The van der Waals surface area contributed by atoms with Gasteiger partial charge in [-0.15, -0.1) is 0 Å². The summed E-state index contributed by atoms with van der Waals surface area (Å²) in [4.78, 5) is 38.1. The molecule has 1 amide bonds. The summed E-state index contributed by atoms with van der Waals surface area (Å²) in [7, 11) is 0. The van der Waals surface area contributed by atoms with Crippen molar-refractivity contribution in [2.24, 2.45) is 5.92 Å². The average molecular weight is 383 g/mol. The monoisotopic (exact) mass is 383 g/mol. The summed E-state index contributed by atoms with van der Waals surface area (Å²) in [6, 6.07) is 12.5. The number of fused-ring (bicyclic) bond motifs is 1. The maximum atomic E-state index is 13.8. The Bertz CT molecular complexity index is 1130. The Morgan fingerprint density at radius 1 is 1.04 bits per heavy atom. The Kier molecular flexibility index (Phi) is 5.73. The number of para-hydroxylation sites is 2. The van der Waals surface area contributed by atoms with Crippen molar-refractivity contribution in [2.75, 3.05) is 5.32 Å². The second kappa shape index (κ2) is 8.21. The minimum atomic E-state index is -0.560. The van der Waals surface area contributed by atoms with Crippen molar-refractivity contribution in [3.05, 3.63) is 75.2 Å². The fraction of sp³-hybridized carbons (Fsp3) is 0.286. The van der Waals surface area contributed by atoms with Crippen molar-refractivity contribution in [2.45, 2.75) is 33.4 Å². The van der Waals surface area contributed by atoms with Gasteiger partial charge in [-0.3, -0.25) is 18.7 Å². The van der Waals surface area contributed by atoms with Gasteiger partial charge < -0.3 is 5.32 Å². The molecule has 1 aromatic heterocycles. The summed E-state index contributed by atoms with van der Waals surface area (Å²) < 4.78 is 16.2. The first kappa shape index (κ1) is 19.5. The number of hydrogen-bond donors (Lipinski definition) is 1. The largest absolute Gasteiger partial charge is 0.331 e. The number of benzene rings is 2. The fourth-order valence-electron chi connectivity index (χ4n) is 3.00. The lowest BCUT2D eigenvalue weighted by atomic mass is 10.1. The Balaban J connectivity index is 2.02. The number of carbonyl (C=O) groups excluding carboxylic acids is 1. The van der Waals surface area contributed by atoms with Gasteiger partial charge in [0.05, 0.1) is 16.6 Å². The van der Waals surface area contributed by atoms with Gasteiger partial charge in [0.25, 0.3) is 5.56 Å². The highest BCUT2D eigenvalue weighted by atomic mass is 19.1. The molecule has 3 rings (SSSR count). The van der Waals surface area contributed by atoms with Crippen LogP contribution >= 0.6 is 0 Å². The molecule has 0 atom stereocenters. The summed E-state index contributed by atoms with van der Waals surface area (Å²) in [5.41, 5.74) is -0.500. The summed E-state index contributed by atoms with van der Waals surface area (Å²) in [6.07, 6.45) is 0.662. The molecule has 0 saturated heterocycles. The third kappa shape index (κ3) is 4.03. The maximum absolute atomic E-state index is 13.8. The van der Waals surface area contributed by atoms with Crippen molar-refractivity contribution < 1.29 is 9.18 Å². The number of carbonyl (C=O) groups is 1. The highest BCUT2D eigenvalue weighted by molar-refractivity contribution is 5.91. The van der Waals surface area contributed by atoms with Gasteiger partial charge in [0.2, 0.25) is 5.91 Å². The molecule has 0 unspecified atom stereocenters. The van der Waals surface area contributed by atoms with E-state index in [9.17, 15) is 18.8 Å². The lowest BCUT2D eigenvalue weighted by Crippen LogP contribution is -2.42. The van der Waals surface area contributed by atoms with Crippen LogP contribution in [0.3, 0.4) is 0 Å². The van der Waals surface area contributed by atoms with Crippen molar-refractivity contribution in [1.29, 1.82) is 0 Å². The second-order valence-electron chi connectivity index (χ2n) is 7.05. The lowest BCUT2D eigenvalue weighted by Gasteiger charge is -2.15. The van der Waals surface area contributed by atoms with Crippen LogP contribution in [0.1, 0.15) is 20.3 Å².